The Labute approximate surface area is 173 Å². The predicted molar refractivity (Wildman–Crippen MR) is 107 cm³/mol. The first kappa shape index (κ1) is 21.2. The number of nitrogens with one attached hydrogen (secondary N) is 2. The third-order valence-corrected chi connectivity index (χ3v) is 4.55. The van der Waals surface area contributed by atoms with Gasteiger partial charge in [0, 0.05) is 17.1 Å². The van der Waals surface area contributed by atoms with Crippen LogP contribution in [0.2, 0.25) is 0 Å². The summed E-state index contributed by atoms with van der Waals surface area (Å²) in [5.74, 6) is 0.00459. The van der Waals surface area contributed by atoms with Gasteiger partial charge in [-0.15, -0.1) is 0 Å². The second-order valence-corrected chi connectivity index (χ2v) is 7.01. The molecule has 2 amide bonds. The lowest BCUT2D eigenvalue weighted by atomic mass is 10.2. The van der Waals surface area contributed by atoms with Crippen LogP contribution in [0.15, 0.2) is 45.3 Å². The molecule has 144 valence electrons. The van der Waals surface area contributed by atoms with Crippen LogP contribution >= 0.6 is 31.9 Å². The molecule has 0 heterocycles. The number of methoxy groups -OCH3 is 2. The average molecular weight is 502 g/mol. The van der Waals surface area contributed by atoms with E-state index < -0.39 is 11.8 Å². The summed E-state index contributed by atoms with van der Waals surface area (Å²) in [5, 5.41) is 0. The maximum atomic E-state index is 12.5. The molecule has 9 heteroatoms. The van der Waals surface area contributed by atoms with E-state index in [0.29, 0.717) is 39.2 Å². The van der Waals surface area contributed by atoms with Crippen LogP contribution in [0, 0.1) is 0 Å². The zero-order chi connectivity index (χ0) is 19.8. The van der Waals surface area contributed by atoms with E-state index >= 15 is 0 Å². The number of halogens is 2. The van der Waals surface area contributed by atoms with E-state index in [1.54, 1.807) is 43.5 Å². The Hall–Kier alpha value is -2.10. The minimum absolute atomic E-state index is 0.275. The molecule has 0 aliphatic rings. The average Bonchev–Trinajstić information content (AvgIpc) is 2.67. The number of carbonyl (C=O) groups excluding carboxylic acids is 2. The minimum atomic E-state index is -0.510. The highest BCUT2D eigenvalue weighted by Crippen LogP contribution is 2.25. The van der Waals surface area contributed by atoms with Gasteiger partial charge in [-0.2, -0.15) is 0 Å². The smallest absolute Gasteiger partial charge is 0.273 e. The van der Waals surface area contributed by atoms with Crippen LogP contribution in [-0.2, 0) is 4.74 Å². The third kappa shape index (κ3) is 5.95. The molecule has 2 aromatic carbocycles. The summed E-state index contributed by atoms with van der Waals surface area (Å²) in [4.78, 5) is 24.7. The van der Waals surface area contributed by atoms with Gasteiger partial charge in [-0.25, -0.2) is 0 Å². The molecule has 0 fully saturated rings. The van der Waals surface area contributed by atoms with E-state index in [4.69, 9.17) is 14.2 Å². The van der Waals surface area contributed by atoms with Gasteiger partial charge in [0.05, 0.1) is 23.8 Å². The number of benzene rings is 2. The second kappa shape index (κ2) is 10.3. The van der Waals surface area contributed by atoms with Crippen LogP contribution < -0.4 is 20.3 Å². The standard InChI is InChI=1S/C18H18Br2N2O5/c1-25-7-8-27-15-6-4-12(19)10-13(15)18(24)22-21-17(23)11-3-5-16(26-2)14(20)9-11/h3-6,9-10H,7-8H2,1-2H3,(H,21,23)(H,22,24). The number of hydrogen-bond acceptors (Lipinski definition) is 5. The quantitative estimate of drug-likeness (QED) is 0.449. The molecule has 27 heavy (non-hydrogen) atoms. The normalized spacial score (nSPS) is 10.2. The zero-order valence-electron chi connectivity index (χ0n) is 14.7. The van der Waals surface area contributed by atoms with Crippen molar-refractivity contribution >= 4 is 43.7 Å². The van der Waals surface area contributed by atoms with E-state index in [0.717, 1.165) is 0 Å². The van der Waals surface area contributed by atoms with Crippen molar-refractivity contribution in [1.29, 1.82) is 0 Å². The van der Waals surface area contributed by atoms with Gasteiger partial charge in [0.2, 0.25) is 0 Å². The van der Waals surface area contributed by atoms with E-state index in [2.05, 4.69) is 42.7 Å². The van der Waals surface area contributed by atoms with Gasteiger partial charge in [-0.1, -0.05) is 15.9 Å². The zero-order valence-corrected chi connectivity index (χ0v) is 17.8. The molecule has 0 aliphatic heterocycles. The van der Waals surface area contributed by atoms with E-state index in [9.17, 15) is 9.59 Å². The molecule has 0 bridgehead atoms. The summed E-state index contributed by atoms with van der Waals surface area (Å²) in [5.41, 5.74) is 5.40. The number of rotatable bonds is 7. The van der Waals surface area contributed by atoms with Gasteiger partial charge in [0.1, 0.15) is 18.1 Å². The van der Waals surface area contributed by atoms with Crippen LogP contribution in [0.25, 0.3) is 0 Å². The lowest BCUT2D eigenvalue weighted by molar-refractivity contribution is 0.0842. The van der Waals surface area contributed by atoms with Gasteiger partial charge < -0.3 is 14.2 Å². The summed E-state index contributed by atoms with van der Waals surface area (Å²) in [6.45, 7) is 0.685. The molecular formula is C18H18Br2N2O5. The summed E-state index contributed by atoms with van der Waals surface area (Å²) in [7, 11) is 3.09. The van der Waals surface area contributed by atoms with Gasteiger partial charge in [-0.05, 0) is 52.3 Å². The summed E-state index contributed by atoms with van der Waals surface area (Å²) < 4.78 is 16.9. The Morgan fingerprint density at radius 2 is 1.63 bits per heavy atom. The highest BCUT2D eigenvalue weighted by molar-refractivity contribution is 9.10. The van der Waals surface area contributed by atoms with E-state index in [-0.39, 0.29) is 5.56 Å². The predicted octanol–water partition coefficient (Wildman–Crippen LogP) is 3.32. The molecule has 2 rings (SSSR count). The van der Waals surface area contributed by atoms with Crippen LogP contribution in [-0.4, -0.2) is 39.2 Å². The summed E-state index contributed by atoms with van der Waals surface area (Å²) >= 11 is 6.64. The molecule has 0 aromatic heterocycles. The van der Waals surface area contributed by atoms with E-state index in [1.807, 2.05) is 0 Å². The Balaban J connectivity index is 2.05. The Kier molecular flexibility index (Phi) is 8.08. The van der Waals surface area contributed by atoms with Crippen molar-refractivity contribution in [2.75, 3.05) is 27.4 Å². The molecule has 0 saturated carbocycles. The fraction of sp³-hybridized carbons (Fsp3) is 0.222. The van der Waals surface area contributed by atoms with Gasteiger partial charge in [0.15, 0.2) is 0 Å². The van der Waals surface area contributed by atoms with Crippen molar-refractivity contribution in [1.82, 2.24) is 10.9 Å². The maximum Gasteiger partial charge on any atom is 0.273 e. The van der Waals surface area contributed by atoms with Gasteiger partial charge in [0.25, 0.3) is 11.8 Å². The van der Waals surface area contributed by atoms with Crippen molar-refractivity contribution in [2.24, 2.45) is 0 Å². The largest absolute Gasteiger partial charge is 0.496 e. The first-order valence-corrected chi connectivity index (χ1v) is 9.40. The molecule has 2 N–H and O–H groups in total. The Morgan fingerprint density at radius 3 is 2.30 bits per heavy atom. The third-order valence-electron chi connectivity index (χ3n) is 3.43. The lowest BCUT2D eigenvalue weighted by Gasteiger charge is -2.13. The number of carbonyl (C=O) groups is 2. The van der Waals surface area contributed by atoms with Crippen molar-refractivity contribution in [2.45, 2.75) is 0 Å². The highest BCUT2D eigenvalue weighted by Gasteiger charge is 2.15. The monoisotopic (exact) mass is 500 g/mol. The molecular weight excluding hydrogens is 484 g/mol. The number of ether oxygens (including phenoxy) is 3. The van der Waals surface area contributed by atoms with Crippen molar-refractivity contribution in [3.63, 3.8) is 0 Å². The maximum absolute atomic E-state index is 12.5. The summed E-state index contributed by atoms with van der Waals surface area (Å²) in [6, 6.07) is 9.86. The van der Waals surface area contributed by atoms with Gasteiger partial charge >= 0.3 is 0 Å². The van der Waals surface area contributed by atoms with Crippen molar-refractivity contribution < 1.29 is 23.8 Å². The topological polar surface area (TPSA) is 85.9 Å². The van der Waals surface area contributed by atoms with Crippen molar-refractivity contribution in [3.05, 3.63) is 56.5 Å². The number of amides is 2. The minimum Gasteiger partial charge on any atom is -0.496 e. The van der Waals surface area contributed by atoms with Gasteiger partial charge in [-0.3, -0.25) is 20.4 Å². The summed E-state index contributed by atoms with van der Waals surface area (Å²) in [6.07, 6.45) is 0. The number of hydrazine groups is 1. The second-order valence-electron chi connectivity index (χ2n) is 5.24. The molecule has 0 saturated heterocycles. The molecule has 0 radical (unpaired) electrons. The Morgan fingerprint density at radius 1 is 0.926 bits per heavy atom. The molecule has 0 aliphatic carbocycles. The van der Waals surface area contributed by atoms with Crippen LogP contribution in [0.5, 0.6) is 11.5 Å². The number of hydrogen-bond donors (Lipinski definition) is 2. The molecule has 7 nitrogen and oxygen atoms in total. The fourth-order valence-corrected chi connectivity index (χ4v) is 3.00. The lowest BCUT2D eigenvalue weighted by Crippen LogP contribution is -2.41. The van der Waals surface area contributed by atoms with Crippen LogP contribution in [0.3, 0.4) is 0 Å². The van der Waals surface area contributed by atoms with Crippen molar-refractivity contribution in [3.8, 4) is 11.5 Å². The first-order valence-electron chi connectivity index (χ1n) is 7.81. The fourth-order valence-electron chi connectivity index (χ4n) is 2.10. The van der Waals surface area contributed by atoms with E-state index in [1.165, 1.54) is 7.11 Å². The molecule has 0 spiro atoms. The van der Waals surface area contributed by atoms with Crippen LogP contribution in [0.4, 0.5) is 0 Å². The highest BCUT2D eigenvalue weighted by atomic mass is 79.9. The molecule has 0 unspecified atom stereocenters. The SMILES string of the molecule is COCCOc1ccc(Br)cc1C(=O)NNC(=O)c1ccc(OC)c(Br)c1. The Bertz CT molecular complexity index is 829. The molecule has 0 atom stereocenters. The first-order chi connectivity index (χ1) is 13.0. The molecule has 2 aromatic rings. The van der Waals surface area contributed by atoms with Crippen LogP contribution in [0.1, 0.15) is 20.7 Å².